The topological polar surface area (TPSA) is 69.9 Å². The molecular formula is C23H36N4O2. The fourth-order valence-corrected chi connectivity index (χ4v) is 5.19. The Hall–Kier alpha value is -2.08. The number of carbonyl (C=O) groups excluding carboxylic acids is 2. The molecule has 1 saturated carbocycles. The van der Waals surface area contributed by atoms with Crippen molar-refractivity contribution >= 4 is 11.9 Å². The van der Waals surface area contributed by atoms with E-state index in [4.69, 9.17) is 5.73 Å². The van der Waals surface area contributed by atoms with E-state index in [1.807, 2.05) is 30.7 Å². The van der Waals surface area contributed by atoms with E-state index in [1.54, 1.807) is 0 Å². The second kappa shape index (κ2) is 7.63. The summed E-state index contributed by atoms with van der Waals surface area (Å²) in [5, 5.41) is 0. The van der Waals surface area contributed by atoms with E-state index < -0.39 is 5.41 Å². The zero-order valence-corrected chi connectivity index (χ0v) is 18.6. The first-order valence-electron chi connectivity index (χ1n) is 10.7. The molecule has 0 atom stereocenters. The van der Waals surface area contributed by atoms with E-state index in [-0.39, 0.29) is 23.0 Å². The van der Waals surface area contributed by atoms with Crippen LogP contribution in [0.2, 0.25) is 0 Å². The summed E-state index contributed by atoms with van der Waals surface area (Å²) in [7, 11) is 4.12. The fraction of sp³-hybridized carbons (Fsp3) is 0.652. The molecule has 1 aromatic carbocycles. The molecule has 6 heteroatoms. The number of primary amides is 1. The van der Waals surface area contributed by atoms with E-state index in [0.717, 1.165) is 32.2 Å². The lowest BCUT2D eigenvalue weighted by Crippen LogP contribution is -2.55. The van der Waals surface area contributed by atoms with Crippen molar-refractivity contribution in [2.24, 2.45) is 11.1 Å². The molecule has 1 saturated heterocycles. The molecule has 0 aromatic heterocycles. The van der Waals surface area contributed by atoms with E-state index in [2.05, 4.69) is 49.2 Å². The lowest BCUT2D eigenvalue weighted by molar-refractivity contribution is -0.126. The third-order valence-corrected chi connectivity index (χ3v) is 7.53. The van der Waals surface area contributed by atoms with Crippen molar-refractivity contribution < 1.29 is 9.59 Å². The highest BCUT2D eigenvalue weighted by molar-refractivity contribution is 5.82. The fourth-order valence-electron chi connectivity index (χ4n) is 5.19. The van der Waals surface area contributed by atoms with E-state index in [9.17, 15) is 9.59 Å². The molecule has 1 aliphatic heterocycles. The highest BCUT2D eigenvalue weighted by Gasteiger charge is 2.54. The molecule has 2 fully saturated rings. The second-order valence-electron chi connectivity index (χ2n) is 9.58. The van der Waals surface area contributed by atoms with Crippen molar-refractivity contribution in [2.75, 3.05) is 33.7 Å². The summed E-state index contributed by atoms with van der Waals surface area (Å²) in [5.41, 5.74) is 6.02. The smallest absolute Gasteiger partial charge is 0.320 e. The van der Waals surface area contributed by atoms with Crippen LogP contribution in [-0.4, -0.2) is 65.9 Å². The maximum absolute atomic E-state index is 13.0. The van der Waals surface area contributed by atoms with Crippen LogP contribution in [0, 0.1) is 5.41 Å². The summed E-state index contributed by atoms with van der Waals surface area (Å²) in [5.74, 6) is -0.370. The quantitative estimate of drug-likeness (QED) is 0.798. The molecule has 6 nitrogen and oxygen atoms in total. The number of carbonyl (C=O) groups is 2. The first-order valence-corrected chi connectivity index (χ1v) is 10.7. The van der Waals surface area contributed by atoms with E-state index in [0.29, 0.717) is 13.1 Å². The summed E-state index contributed by atoms with van der Waals surface area (Å²) in [6, 6.07) is 10.8. The van der Waals surface area contributed by atoms with Gasteiger partial charge in [0.2, 0.25) is 5.91 Å². The summed E-state index contributed by atoms with van der Waals surface area (Å²) in [4.78, 5) is 31.0. The minimum atomic E-state index is -0.729. The van der Waals surface area contributed by atoms with Gasteiger partial charge in [-0.25, -0.2) is 4.79 Å². The summed E-state index contributed by atoms with van der Waals surface area (Å²) >= 11 is 0. The van der Waals surface area contributed by atoms with Gasteiger partial charge < -0.3 is 15.5 Å². The highest BCUT2D eigenvalue weighted by Crippen LogP contribution is 2.49. The van der Waals surface area contributed by atoms with Gasteiger partial charge in [-0.1, -0.05) is 37.3 Å². The molecule has 0 radical (unpaired) electrons. The molecule has 1 heterocycles. The molecule has 1 spiro atoms. The molecule has 3 rings (SSSR count). The van der Waals surface area contributed by atoms with Gasteiger partial charge in [0.1, 0.15) is 0 Å². The van der Waals surface area contributed by atoms with Gasteiger partial charge >= 0.3 is 6.03 Å². The van der Waals surface area contributed by atoms with Crippen LogP contribution in [0.25, 0.3) is 0 Å². The number of hydrogen-bond donors (Lipinski definition) is 1. The van der Waals surface area contributed by atoms with Crippen LogP contribution in [-0.2, 0) is 10.3 Å². The van der Waals surface area contributed by atoms with Crippen molar-refractivity contribution in [3.63, 3.8) is 0 Å². The van der Waals surface area contributed by atoms with Crippen LogP contribution in [0.4, 0.5) is 4.79 Å². The lowest BCUT2D eigenvalue weighted by atomic mass is 9.68. The number of nitrogens with two attached hydrogens (primary N) is 1. The van der Waals surface area contributed by atoms with Gasteiger partial charge in [-0.3, -0.25) is 9.69 Å². The molecule has 0 bridgehead atoms. The summed E-state index contributed by atoms with van der Waals surface area (Å²) in [6.45, 7) is 7.84. The third kappa shape index (κ3) is 3.63. The Balaban J connectivity index is 1.82. The highest BCUT2D eigenvalue weighted by atomic mass is 16.2. The van der Waals surface area contributed by atoms with Crippen molar-refractivity contribution in [2.45, 2.75) is 57.5 Å². The molecule has 1 aliphatic carbocycles. The predicted molar refractivity (Wildman–Crippen MR) is 115 cm³/mol. The van der Waals surface area contributed by atoms with Gasteiger partial charge in [-0.15, -0.1) is 0 Å². The zero-order chi connectivity index (χ0) is 21.4. The Morgan fingerprint density at radius 2 is 1.76 bits per heavy atom. The number of rotatable bonds is 6. The van der Waals surface area contributed by atoms with Gasteiger partial charge in [0.05, 0.1) is 11.0 Å². The van der Waals surface area contributed by atoms with Crippen molar-refractivity contribution in [3.8, 4) is 0 Å². The molecule has 0 unspecified atom stereocenters. The van der Waals surface area contributed by atoms with Gasteiger partial charge in [-0.05, 0) is 58.7 Å². The van der Waals surface area contributed by atoms with Gasteiger partial charge in [0.15, 0.2) is 0 Å². The molecule has 2 N–H and O–H groups in total. The SMILES string of the molecule is CCN(C)C1(c2ccccc2)CCC2(CC1)CN(CC(C)(C)C(N)=O)C(=O)N2C. The molecule has 3 amide bonds. The number of likely N-dealkylation sites (N-methyl/N-ethyl adjacent to an activating group) is 1. The van der Waals surface area contributed by atoms with Crippen LogP contribution in [0.5, 0.6) is 0 Å². The third-order valence-electron chi connectivity index (χ3n) is 7.53. The molecule has 160 valence electrons. The molecular weight excluding hydrogens is 364 g/mol. The van der Waals surface area contributed by atoms with Gasteiger partial charge in [0.25, 0.3) is 0 Å². The predicted octanol–water partition coefficient (Wildman–Crippen LogP) is 3.03. The Morgan fingerprint density at radius 3 is 2.28 bits per heavy atom. The second-order valence-corrected chi connectivity index (χ2v) is 9.58. The average molecular weight is 401 g/mol. The Labute approximate surface area is 175 Å². The summed E-state index contributed by atoms with van der Waals surface area (Å²) < 4.78 is 0. The van der Waals surface area contributed by atoms with E-state index >= 15 is 0 Å². The van der Waals surface area contributed by atoms with Crippen LogP contribution in [0.3, 0.4) is 0 Å². The first kappa shape index (κ1) is 21.6. The van der Waals surface area contributed by atoms with Crippen LogP contribution < -0.4 is 5.73 Å². The maximum Gasteiger partial charge on any atom is 0.320 e. The number of amides is 3. The molecule has 1 aromatic rings. The lowest BCUT2D eigenvalue weighted by Gasteiger charge is -2.51. The van der Waals surface area contributed by atoms with Crippen LogP contribution in [0.1, 0.15) is 52.0 Å². The standard InChI is InChI=1S/C23H36N4O2/c1-6-25(4)23(18-10-8-7-9-11-18)14-12-22(13-15-23)17-27(20(29)26(22)5)16-21(2,3)19(24)28/h7-11H,6,12-17H2,1-5H3,(H2,24,28). The molecule has 2 aliphatic rings. The number of urea groups is 1. The van der Waals surface area contributed by atoms with Crippen LogP contribution in [0.15, 0.2) is 30.3 Å². The van der Waals surface area contributed by atoms with Crippen molar-refractivity contribution in [1.29, 1.82) is 0 Å². The average Bonchev–Trinajstić information content (AvgIpc) is 2.93. The number of benzene rings is 1. The normalized spacial score (nSPS) is 27.9. The van der Waals surface area contributed by atoms with Gasteiger partial charge in [-0.2, -0.15) is 0 Å². The summed E-state index contributed by atoms with van der Waals surface area (Å²) in [6.07, 6.45) is 3.90. The zero-order valence-electron chi connectivity index (χ0n) is 18.6. The van der Waals surface area contributed by atoms with Crippen LogP contribution >= 0.6 is 0 Å². The number of nitrogens with zero attached hydrogens (tertiary/aromatic N) is 3. The monoisotopic (exact) mass is 400 g/mol. The van der Waals surface area contributed by atoms with Crippen molar-refractivity contribution in [3.05, 3.63) is 35.9 Å². The Bertz CT molecular complexity index is 753. The van der Waals surface area contributed by atoms with E-state index in [1.165, 1.54) is 5.56 Å². The minimum Gasteiger partial charge on any atom is -0.369 e. The maximum atomic E-state index is 13.0. The van der Waals surface area contributed by atoms with Crippen molar-refractivity contribution in [1.82, 2.24) is 14.7 Å². The Kier molecular flexibility index (Phi) is 5.69. The molecule has 29 heavy (non-hydrogen) atoms. The van der Waals surface area contributed by atoms with Gasteiger partial charge in [0, 0.05) is 25.7 Å². The minimum absolute atomic E-state index is 0.00502. The largest absolute Gasteiger partial charge is 0.369 e. The first-order chi connectivity index (χ1) is 13.6. The Morgan fingerprint density at radius 1 is 1.17 bits per heavy atom. The number of hydrogen-bond acceptors (Lipinski definition) is 3.